The summed E-state index contributed by atoms with van der Waals surface area (Å²) >= 11 is 1.43. The Morgan fingerprint density at radius 1 is 1.12 bits per heavy atom. The van der Waals surface area contributed by atoms with E-state index in [2.05, 4.69) is 4.99 Å². The molecule has 4 rings (SSSR count). The van der Waals surface area contributed by atoms with Crippen LogP contribution in [0, 0.1) is 10.1 Å². The highest BCUT2D eigenvalue weighted by molar-refractivity contribution is 7.12. The van der Waals surface area contributed by atoms with Crippen molar-refractivity contribution in [2.45, 2.75) is 0 Å². The molecule has 0 aliphatic carbocycles. The van der Waals surface area contributed by atoms with Gasteiger partial charge in [0.15, 0.2) is 5.70 Å². The van der Waals surface area contributed by atoms with Crippen molar-refractivity contribution in [3.05, 3.63) is 80.4 Å². The number of hydrogen-bond donors (Lipinski definition) is 0. The monoisotopic (exact) mass is 366 g/mol. The molecule has 0 saturated carbocycles. The number of non-ortho nitro benzene ring substituents is 1. The first-order valence-corrected chi connectivity index (χ1v) is 8.39. The Morgan fingerprint density at radius 2 is 1.92 bits per heavy atom. The zero-order valence-corrected chi connectivity index (χ0v) is 13.9. The first kappa shape index (κ1) is 16.0. The van der Waals surface area contributed by atoms with Gasteiger partial charge in [-0.25, -0.2) is 9.79 Å². The van der Waals surface area contributed by atoms with Gasteiger partial charge in [-0.3, -0.25) is 10.1 Å². The number of nitrogens with zero attached hydrogens (tertiary/aromatic N) is 2. The molecule has 0 N–H and O–H groups in total. The SMILES string of the molecule is O=C1OC(c2cccs2)=N/C1=C\c1ccc(-c2ccc([N+](=O)[O-])cc2)o1. The van der Waals surface area contributed by atoms with Crippen LogP contribution in [0.4, 0.5) is 5.69 Å². The summed E-state index contributed by atoms with van der Waals surface area (Å²) in [7, 11) is 0. The number of esters is 1. The number of nitro groups is 1. The Kier molecular flexibility index (Phi) is 3.94. The van der Waals surface area contributed by atoms with E-state index in [1.54, 1.807) is 24.3 Å². The minimum absolute atomic E-state index is 0.00629. The van der Waals surface area contributed by atoms with Gasteiger partial charge in [0.2, 0.25) is 5.90 Å². The molecule has 8 heteroatoms. The molecule has 0 bridgehead atoms. The lowest BCUT2D eigenvalue weighted by Gasteiger charge is -1.96. The number of furan rings is 1. The minimum atomic E-state index is -0.540. The van der Waals surface area contributed by atoms with Crippen molar-refractivity contribution in [1.82, 2.24) is 0 Å². The number of benzene rings is 1. The van der Waals surface area contributed by atoms with Gasteiger partial charge < -0.3 is 9.15 Å². The molecule has 0 unspecified atom stereocenters. The first-order valence-electron chi connectivity index (χ1n) is 7.51. The summed E-state index contributed by atoms with van der Waals surface area (Å²) in [4.78, 5) is 27.2. The van der Waals surface area contributed by atoms with Crippen molar-refractivity contribution >= 4 is 35.0 Å². The van der Waals surface area contributed by atoms with E-state index in [1.165, 1.54) is 29.5 Å². The van der Waals surface area contributed by atoms with E-state index in [-0.39, 0.29) is 17.3 Å². The number of thiophene rings is 1. The van der Waals surface area contributed by atoms with Crippen LogP contribution in [-0.2, 0) is 9.53 Å². The number of hydrogen-bond acceptors (Lipinski definition) is 7. The zero-order chi connectivity index (χ0) is 18.1. The molecule has 128 valence electrons. The smallest absolute Gasteiger partial charge is 0.363 e. The maximum Gasteiger partial charge on any atom is 0.363 e. The summed E-state index contributed by atoms with van der Waals surface area (Å²) in [6, 6.07) is 13.1. The van der Waals surface area contributed by atoms with E-state index in [1.807, 2.05) is 17.5 Å². The number of ether oxygens (including phenoxy) is 1. The lowest BCUT2D eigenvalue weighted by Crippen LogP contribution is -2.03. The summed E-state index contributed by atoms with van der Waals surface area (Å²) in [5.74, 6) is 0.696. The van der Waals surface area contributed by atoms with E-state index >= 15 is 0 Å². The fourth-order valence-electron chi connectivity index (χ4n) is 2.38. The predicted molar refractivity (Wildman–Crippen MR) is 95.7 cm³/mol. The van der Waals surface area contributed by atoms with E-state index in [0.29, 0.717) is 17.1 Å². The molecule has 1 aromatic carbocycles. The largest absolute Gasteiger partial charge is 0.457 e. The van der Waals surface area contributed by atoms with Crippen LogP contribution < -0.4 is 0 Å². The molecule has 0 amide bonds. The average molecular weight is 366 g/mol. The van der Waals surface area contributed by atoms with Crippen molar-refractivity contribution in [3.63, 3.8) is 0 Å². The van der Waals surface area contributed by atoms with Crippen LogP contribution in [0.25, 0.3) is 17.4 Å². The maximum atomic E-state index is 12.0. The summed E-state index contributed by atoms with van der Waals surface area (Å²) < 4.78 is 10.9. The Labute approximate surface area is 151 Å². The van der Waals surface area contributed by atoms with Gasteiger partial charge in [0.1, 0.15) is 11.5 Å². The standard InChI is InChI=1S/C18H10N2O5S/c21-18-14(19-17(25-18)16-2-1-9-26-16)10-13-7-8-15(24-13)11-3-5-12(6-4-11)20(22)23/h1-10H/b14-10-. The molecule has 26 heavy (non-hydrogen) atoms. The highest BCUT2D eigenvalue weighted by Crippen LogP contribution is 2.27. The van der Waals surface area contributed by atoms with Gasteiger partial charge in [-0.2, -0.15) is 0 Å². The molecule has 1 aliphatic heterocycles. The number of nitro benzene ring substituents is 1. The van der Waals surface area contributed by atoms with Gasteiger partial charge in [-0.15, -0.1) is 11.3 Å². The molecule has 1 aliphatic rings. The topological polar surface area (TPSA) is 94.9 Å². The zero-order valence-electron chi connectivity index (χ0n) is 13.1. The minimum Gasteiger partial charge on any atom is -0.457 e. The first-order chi connectivity index (χ1) is 12.6. The lowest BCUT2D eigenvalue weighted by atomic mass is 10.1. The Hall–Kier alpha value is -3.52. The second kappa shape index (κ2) is 6.41. The molecule has 7 nitrogen and oxygen atoms in total. The summed E-state index contributed by atoms with van der Waals surface area (Å²) in [6.07, 6.45) is 1.50. The molecule has 0 spiro atoms. The van der Waals surface area contributed by atoms with Crippen LogP contribution in [0.2, 0.25) is 0 Å². The molecule has 3 heterocycles. The van der Waals surface area contributed by atoms with Crippen LogP contribution in [0.5, 0.6) is 0 Å². The highest BCUT2D eigenvalue weighted by atomic mass is 32.1. The van der Waals surface area contributed by atoms with Crippen LogP contribution in [0.1, 0.15) is 10.6 Å². The third-order valence-electron chi connectivity index (χ3n) is 3.62. The van der Waals surface area contributed by atoms with Gasteiger partial charge in [0, 0.05) is 23.8 Å². The molecular weight excluding hydrogens is 356 g/mol. The quantitative estimate of drug-likeness (QED) is 0.297. The molecule has 0 fully saturated rings. The van der Waals surface area contributed by atoms with Crippen LogP contribution in [0.15, 0.2) is 69.0 Å². The summed E-state index contributed by atoms with van der Waals surface area (Å²) in [6.45, 7) is 0. The molecule has 0 atom stereocenters. The second-order valence-corrected chi connectivity index (χ2v) is 6.27. The van der Waals surface area contributed by atoms with Gasteiger partial charge in [0.25, 0.3) is 5.69 Å². The maximum absolute atomic E-state index is 12.0. The van der Waals surface area contributed by atoms with E-state index in [4.69, 9.17) is 9.15 Å². The fourth-order valence-corrected chi connectivity index (χ4v) is 3.03. The second-order valence-electron chi connectivity index (χ2n) is 5.32. The molecule has 3 aromatic rings. The third-order valence-corrected chi connectivity index (χ3v) is 4.48. The predicted octanol–water partition coefficient (Wildman–Crippen LogP) is 4.26. The van der Waals surface area contributed by atoms with Gasteiger partial charge in [-0.1, -0.05) is 6.07 Å². The van der Waals surface area contributed by atoms with Crippen molar-refractivity contribution in [1.29, 1.82) is 0 Å². The average Bonchev–Trinajstić information content (AvgIpc) is 3.37. The van der Waals surface area contributed by atoms with Crippen molar-refractivity contribution in [3.8, 4) is 11.3 Å². The molecule has 0 radical (unpaired) electrons. The number of carbonyl (C=O) groups excluding carboxylic acids is 1. The molecule has 2 aromatic heterocycles. The third kappa shape index (κ3) is 3.05. The lowest BCUT2D eigenvalue weighted by molar-refractivity contribution is -0.384. The van der Waals surface area contributed by atoms with Crippen molar-refractivity contribution < 1.29 is 18.9 Å². The number of cyclic esters (lactones) is 1. The number of aliphatic imine (C=N–C) groups is 1. The van der Waals surface area contributed by atoms with Crippen LogP contribution in [-0.4, -0.2) is 16.8 Å². The van der Waals surface area contributed by atoms with Gasteiger partial charge >= 0.3 is 5.97 Å². The Bertz CT molecular complexity index is 1050. The Balaban J connectivity index is 1.59. The van der Waals surface area contributed by atoms with Crippen LogP contribution in [0.3, 0.4) is 0 Å². The van der Waals surface area contributed by atoms with E-state index in [9.17, 15) is 14.9 Å². The summed E-state index contributed by atoms with van der Waals surface area (Å²) in [5.41, 5.74) is 0.849. The normalized spacial score (nSPS) is 15.2. The highest BCUT2D eigenvalue weighted by Gasteiger charge is 2.25. The van der Waals surface area contributed by atoms with Crippen LogP contribution >= 0.6 is 11.3 Å². The number of rotatable bonds is 4. The summed E-state index contributed by atoms with van der Waals surface area (Å²) in [5, 5.41) is 12.6. The van der Waals surface area contributed by atoms with E-state index < -0.39 is 10.9 Å². The van der Waals surface area contributed by atoms with E-state index in [0.717, 1.165) is 4.88 Å². The van der Waals surface area contributed by atoms with Gasteiger partial charge in [0.05, 0.1) is 9.80 Å². The molecular formula is C18H10N2O5S. The van der Waals surface area contributed by atoms with Gasteiger partial charge in [-0.05, 0) is 35.7 Å². The molecule has 0 saturated heterocycles. The van der Waals surface area contributed by atoms with Crippen molar-refractivity contribution in [2.24, 2.45) is 4.99 Å². The Morgan fingerprint density at radius 3 is 2.62 bits per heavy atom. The fraction of sp³-hybridized carbons (Fsp3) is 0. The van der Waals surface area contributed by atoms with Crippen molar-refractivity contribution in [2.75, 3.05) is 0 Å². The number of carbonyl (C=O) groups is 1.